The summed E-state index contributed by atoms with van der Waals surface area (Å²) >= 11 is 0. The van der Waals surface area contributed by atoms with Crippen LogP contribution >= 0.6 is 0 Å². The van der Waals surface area contributed by atoms with Crippen molar-refractivity contribution in [3.8, 4) is 5.75 Å². The highest BCUT2D eigenvalue weighted by Crippen LogP contribution is 2.28. The second kappa shape index (κ2) is 6.58. The fourth-order valence-electron chi connectivity index (χ4n) is 1.17. The summed E-state index contributed by atoms with van der Waals surface area (Å²) in [7, 11) is 0. The number of alkyl halides is 4. The molecule has 1 atom stereocenters. The maximum absolute atomic E-state index is 12.7. The van der Waals surface area contributed by atoms with Crippen LogP contribution in [0.1, 0.15) is 0 Å². The lowest BCUT2D eigenvalue weighted by atomic mass is 10.3. The summed E-state index contributed by atoms with van der Waals surface area (Å²) in [5.74, 6) is -0.436. The maximum Gasteiger partial charge on any atom is 0.461 e. The van der Waals surface area contributed by atoms with Crippen molar-refractivity contribution in [1.82, 2.24) is 0 Å². The molecule has 1 rings (SSSR count). The van der Waals surface area contributed by atoms with Crippen molar-refractivity contribution < 1.29 is 32.5 Å². The number of benzene rings is 1. The molecule has 0 aromatic heterocycles. The van der Waals surface area contributed by atoms with E-state index in [1.807, 2.05) is 0 Å². The van der Waals surface area contributed by atoms with E-state index >= 15 is 0 Å². The number of anilines is 1. The Morgan fingerprint density at radius 3 is 2.58 bits per heavy atom. The van der Waals surface area contributed by atoms with Crippen LogP contribution in [-0.4, -0.2) is 42.0 Å². The van der Waals surface area contributed by atoms with E-state index in [4.69, 9.17) is 10.2 Å². The number of aliphatic hydroxyl groups excluding tert-OH is 2. The van der Waals surface area contributed by atoms with Gasteiger partial charge in [0.15, 0.2) is 0 Å². The van der Waals surface area contributed by atoms with Gasteiger partial charge in [0.25, 0.3) is 0 Å². The Labute approximate surface area is 106 Å². The minimum absolute atomic E-state index is 0.0226. The van der Waals surface area contributed by atoms with Gasteiger partial charge in [-0.15, -0.1) is 0 Å². The summed E-state index contributed by atoms with van der Waals surface area (Å²) in [6.45, 7) is -0.488. The summed E-state index contributed by atoms with van der Waals surface area (Å²) < 4.78 is 53.1. The van der Waals surface area contributed by atoms with Gasteiger partial charge in [0.1, 0.15) is 5.75 Å². The van der Waals surface area contributed by atoms with Gasteiger partial charge in [-0.05, 0) is 12.1 Å². The molecule has 19 heavy (non-hydrogen) atoms. The van der Waals surface area contributed by atoms with Crippen molar-refractivity contribution >= 4 is 5.69 Å². The van der Waals surface area contributed by atoms with Gasteiger partial charge >= 0.3 is 12.5 Å². The minimum Gasteiger partial charge on any atom is -0.428 e. The number of ether oxygens (including phenoxy) is 1. The Balaban J connectivity index is 2.67. The first-order valence-electron chi connectivity index (χ1n) is 5.33. The van der Waals surface area contributed by atoms with Crippen molar-refractivity contribution in [1.29, 1.82) is 0 Å². The van der Waals surface area contributed by atoms with E-state index in [0.717, 1.165) is 12.1 Å². The zero-order chi connectivity index (χ0) is 14.5. The molecule has 3 N–H and O–H groups in total. The van der Waals surface area contributed by atoms with Crippen LogP contribution in [0, 0.1) is 0 Å². The smallest absolute Gasteiger partial charge is 0.428 e. The summed E-state index contributed by atoms with van der Waals surface area (Å²) in [4.78, 5) is 0. The number of rotatable bonds is 7. The van der Waals surface area contributed by atoms with Crippen molar-refractivity contribution in [2.75, 3.05) is 18.5 Å². The molecule has 0 saturated heterocycles. The zero-order valence-corrected chi connectivity index (χ0v) is 9.69. The van der Waals surface area contributed by atoms with Gasteiger partial charge in [-0.1, -0.05) is 6.07 Å². The second-order valence-corrected chi connectivity index (χ2v) is 3.71. The molecule has 0 aliphatic rings. The molecule has 0 heterocycles. The molecule has 0 aliphatic carbocycles. The molecule has 0 spiro atoms. The molecule has 0 fully saturated rings. The Hall–Kier alpha value is -1.54. The van der Waals surface area contributed by atoms with Gasteiger partial charge in [0, 0.05) is 18.3 Å². The number of nitrogens with one attached hydrogen (secondary N) is 1. The Bertz CT molecular complexity index is 403. The molecule has 4 nitrogen and oxygen atoms in total. The van der Waals surface area contributed by atoms with Crippen LogP contribution in [0.25, 0.3) is 0 Å². The van der Waals surface area contributed by atoms with E-state index < -0.39 is 31.0 Å². The lowest BCUT2D eigenvalue weighted by molar-refractivity contribution is -0.253. The van der Waals surface area contributed by atoms with E-state index in [1.165, 1.54) is 12.1 Å². The first-order chi connectivity index (χ1) is 8.85. The Morgan fingerprint density at radius 2 is 2.00 bits per heavy atom. The average molecular weight is 283 g/mol. The fraction of sp³-hybridized carbons (Fsp3) is 0.455. The lowest BCUT2D eigenvalue weighted by Crippen LogP contribution is -2.33. The van der Waals surface area contributed by atoms with Crippen molar-refractivity contribution in [2.24, 2.45) is 0 Å². The quantitative estimate of drug-likeness (QED) is 0.666. The maximum atomic E-state index is 12.7. The zero-order valence-electron chi connectivity index (χ0n) is 9.69. The van der Waals surface area contributed by atoms with Crippen LogP contribution in [-0.2, 0) is 0 Å². The van der Waals surface area contributed by atoms with Gasteiger partial charge in [0.2, 0.25) is 0 Å². The number of halogens is 4. The van der Waals surface area contributed by atoms with Crippen LogP contribution in [0.3, 0.4) is 0 Å². The molecule has 1 unspecified atom stereocenters. The van der Waals surface area contributed by atoms with E-state index in [0.29, 0.717) is 0 Å². The van der Waals surface area contributed by atoms with Crippen LogP contribution in [0.15, 0.2) is 24.3 Å². The highest BCUT2D eigenvalue weighted by atomic mass is 19.3. The van der Waals surface area contributed by atoms with Crippen molar-refractivity contribution in [2.45, 2.75) is 18.6 Å². The summed E-state index contributed by atoms with van der Waals surface area (Å²) in [6, 6.07) is 4.98. The molecule has 1 aromatic carbocycles. The predicted octanol–water partition coefficient (Wildman–Crippen LogP) is 1.69. The van der Waals surface area contributed by atoms with Gasteiger partial charge in [-0.2, -0.15) is 17.6 Å². The molecule has 1 aromatic rings. The fourth-order valence-corrected chi connectivity index (χ4v) is 1.17. The highest BCUT2D eigenvalue weighted by Gasteiger charge is 2.43. The third-order valence-electron chi connectivity index (χ3n) is 2.09. The topological polar surface area (TPSA) is 61.7 Å². The van der Waals surface area contributed by atoms with Crippen LogP contribution in [0.2, 0.25) is 0 Å². The van der Waals surface area contributed by atoms with Gasteiger partial charge < -0.3 is 20.3 Å². The number of hydrogen-bond donors (Lipinski definition) is 3. The van der Waals surface area contributed by atoms with Crippen LogP contribution in [0.5, 0.6) is 5.75 Å². The molecular formula is C11H13F4NO3. The summed E-state index contributed by atoms with van der Waals surface area (Å²) in [5, 5.41) is 20.3. The SMILES string of the molecule is OCC(O)CNc1cccc(OC(F)(F)C(F)F)c1. The van der Waals surface area contributed by atoms with E-state index in [-0.39, 0.29) is 12.2 Å². The second-order valence-electron chi connectivity index (χ2n) is 3.71. The standard InChI is InChI=1S/C11H13F4NO3/c12-10(13)11(14,15)19-9-3-1-2-7(4-9)16-5-8(18)6-17/h1-4,8,10,16-18H,5-6H2. The Morgan fingerprint density at radius 1 is 1.32 bits per heavy atom. The van der Waals surface area contributed by atoms with E-state index in [9.17, 15) is 17.6 Å². The lowest BCUT2D eigenvalue weighted by Gasteiger charge is -2.17. The number of aliphatic hydroxyl groups is 2. The van der Waals surface area contributed by atoms with E-state index in [1.54, 1.807) is 0 Å². The normalized spacial score (nSPS) is 13.4. The summed E-state index contributed by atoms with van der Waals surface area (Å²) in [5.41, 5.74) is 0.287. The van der Waals surface area contributed by atoms with Crippen molar-refractivity contribution in [3.63, 3.8) is 0 Å². The van der Waals surface area contributed by atoms with Crippen LogP contribution in [0.4, 0.5) is 23.2 Å². The number of hydrogen-bond acceptors (Lipinski definition) is 4. The molecule has 0 aliphatic heterocycles. The molecule has 0 saturated carbocycles. The third kappa shape index (κ3) is 4.92. The first kappa shape index (κ1) is 15.5. The molecule has 0 amide bonds. The predicted molar refractivity (Wildman–Crippen MR) is 59.6 cm³/mol. The molecule has 108 valence electrons. The minimum atomic E-state index is -4.57. The average Bonchev–Trinajstić information content (AvgIpc) is 2.35. The largest absolute Gasteiger partial charge is 0.461 e. The van der Waals surface area contributed by atoms with E-state index in [2.05, 4.69) is 10.1 Å². The summed E-state index contributed by atoms with van der Waals surface area (Å²) in [6.07, 6.45) is -9.52. The molecule has 0 radical (unpaired) electrons. The Kier molecular flexibility index (Phi) is 5.37. The van der Waals surface area contributed by atoms with Gasteiger partial charge in [-0.25, -0.2) is 0 Å². The first-order valence-corrected chi connectivity index (χ1v) is 5.33. The van der Waals surface area contributed by atoms with Gasteiger partial charge in [-0.3, -0.25) is 0 Å². The molecular weight excluding hydrogens is 270 g/mol. The van der Waals surface area contributed by atoms with Crippen molar-refractivity contribution in [3.05, 3.63) is 24.3 Å². The molecule has 8 heteroatoms. The highest BCUT2D eigenvalue weighted by molar-refractivity contribution is 5.48. The third-order valence-corrected chi connectivity index (χ3v) is 2.09. The van der Waals surface area contributed by atoms with Gasteiger partial charge in [0.05, 0.1) is 12.7 Å². The van der Waals surface area contributed by atoms with Crippen LogP contribution < -0.4 is 10.1 Å². The molecule has 0 bridgehead atoms. The monoisotopic (exact) mass is 283 g/mol.